The summed E-state index contributed by atoms with van der Waals surface area (Å²) in [5.41, 5.74) is 12.9. The second-order valence-electron chi connectivity index (χ2n) is 11.6. The van der Waals surface area contributed by atoms with Crippen molar-refractivity contribution in [1.82, 2.24) is 26.2 Å². The SMILES string of the molecule is N#CCC1CCC2(CCCCC2)CC(C(C(=O)NC2CNCCC2N2CCNCC2)C(N)N)NC1. The Morgan fingerprint density at radius 3 is 2.54 bits per heavy atom. The predicted molar refractivity (Wildman–Crippen MR) is 138 cm³/mol. The van der Waals surface area contributed by atoms with Crippen molar-refractivity contribution in [3.8, 4) is 6.07 Å². The fourth-order valence-corrected chi connectivity index (χ4v) is 7.23. The fourth-order valence-electron chi connectivity index (χ4n) is 7.23. The molecule has 1 amide bonds. The highest BCUT2D eigenvalue weighted by atomic mass is 16.2. The number of hydrogen-bond acceptors (Lipinski definition) is 8. The number of hydrogen-bond donors (Lipinski definition) is 6. The molecular weight excluding hydrogens is 440 g/mol. The van der Waals surface area contributed by atoms with Gasteiger partial charge in [-0.3, -0.25) is 9.69 Å². The van der Waals surface area contributed by atoms with Gasteiger partial charge in [0.05, 0.1) is 24.2 Å². The zero-order chi connectivity index (χ0) is 24.7. The van der Waals surface area contributed by atoms with E-state index in [0.717, 1.165) is 71.5 Å². The van der Waals surface area contributed by atoms with Gasteiger partial charge in [-0.2, -0.15) is 5.26 Å². The third kappa shape index (κ3) is 6.94. The molecule has 35 heavy (non-hydrogen) atoms. The summed E-state index contributed by atoms with van der Waals surface area (Å²) < 4.78 is 0. The molecule has 3 saturated heterocycles. The van der Waals surface area contributed by atoms with Gasteiger partial charge in [-0.1, -0.05) is 19.3 Å². The Morgan fingerprint density at radius 2 is 1.83 bits per heavy atom. The molecule has 3 aliphatic heterocycles. The Kier molecular flexibility index (Phi) is 9.79. The molecule has 4 aliphatic rings. The minimum absolute atomic E-state index is 0.0188. The molecule has 198 valence electrons. The van der Waals surface area contributed by atoms with E-state index >= 15 is 0 Å². The Bertz CT molecular complexity index is 713. The van der Waals surface area contributed by atoms with E-state index in [1.54, 1.807) is 0 Å². The van der Waals surface area contributed by atoms with Crippen LogP contribution in [-0.2, 0) is 4.79 Å². The van der Waals surface area contributed by atoms with E-state index in [0.29, 0.717) is 18.4 Å². The Balaban J connectivity index is 1.49. The zero-order valence-corrected chi connectivity index (χ0v) is 21.4. The van der Waals surface area contributed by atoms with Crippen molar-refractivity contribution in [2.45, 2.75) is 88.5 Å². The van der Waals surface area contributed by atoms with Crippen molar-refractivity contribution >= 4 is 5.91 Å². The highest BCUT2D eigenvalue weighted by Gasteiger charge is 2.43. The molecule has 0 aromatic rings. The third-order valence-electron chi connectivity index (χ3n) is 9.24. The van der Waals surface area contributed by atoms with Crippen LogP contribution in [0.25, 0.3) is 0 Å². The molecule has 9 nitrogen and oxygen atoms in total. The molecule has 8 N–H and O–H groups in total. The van der Waals surface area contributed by atoms with E-state index < -0.39 is 12.1 Å². The monoisotopic (exact) mass is 488 g/mol. The van der Waals surface area contributed by atoms with Gasteiger partial charge in [0.1, 0.15) is 0 Å². The van der Waals surface area contributed by atoms with E-state index in [1.807, 2.05) is 0 Å². The first kappa shape index (κ1) is 26.8. The summed E-state index contributed by atoms with van der Waals surface area (Å²) in [6, 6.07) is 2.70. The number of amides is 1. The van der Waals surface area contributed by atoms with Crippen LogP contribution in [0.15, 0.2) is 0 Å². The second kappa shape index (κ2) is 12.8. The molecule has 1 saturated carbocycles. The molecule has 9 heteroatoms. The summed E-state index contributed by atoms with van der Waals surface area (Å²) in [5.74, 6) is -0.186. The van der Waals surface area contributed by atoms with Crippen LogP contribution < -0.4 is 32.7 Å². The Labute approximate surface area is 211 Å². The third-order valence-corrected chi connectivity index (χ3v) is 9.24. The molecule has 1 aliphatic carbocycles. The lowest BCUT2D eigenvalue weighted by Gasteiger charge is -2.46. The van der Waals surface area contributed by atoms with Crippen molar-refractivity contribution in [3.05, 3.63) is 0 Å². The minimum Gasteiger partial charge on any atom is -0.350 e. The van der Waals surface area contributed by atoms with Gasteiger partial charge in [-0.25, -0.2) is 0 Å². The van der Waals surface area contributed by atoms with Gasteiger partial charge in [-0.15, -0.1) is 0 Å². The maximum Gasteiger partial charge on any atom is 0.227 e. The molecule has 3 heterocycles. The number of rotatable bonds is 6. The molecule has 5 atom stereocenters. The number of carbonyl (C=O) groups is 1. The van der Waals surface area contributed by atoms with E-state index in [-0.39, 0.29) is 23.4 Å². The van der Waals surface area contributed by atoms with Gasteiger partial charge in [0.15, 0.2) is 0 Å². The molecule has 0 bridgehead atoms. The van der Waals surface area contributed by atoms with Gasteiger partial charge >= 0.3 is 0 Å². The lowest BCUT2D eigenvalue weighted by Crippen LogP contribution is -2.65. The van der Waals surface area contributed by atoms with Gasteiger partial charge in [0, 0.05) is 51.2 Å². The van der Waals surface area contributed by atoms with Crippen LogP contribution in [0, 0.1) is 28.6 Å². The predicted octanol–water partition coefficient (Wildman–Crippen LogP) is 0.220. The van der Waals surface area contributed by atoms with E-state index in [1.165, 1.54) is 32.1 Å². The van der Waals surface area contributed by atoms with Crippen LogP contribution >= 0.6 is 0 Å². The lowest BCUT2D eigenvalue weighted by molar-refractivity contribution is -0.128. The minimum atomic E-state index is -0.726. The van der Waals surface area contributed by atoms with Crippen molar-refractivity contribution in [2.24, 2.45) is 28.7 Å². The average Bonchev–Trinajstić information content (AvgIpc) is 2.86. The van der Waals surface area contributed by atoms with Gasteiger partial charge in [0.2, 0.25) is 5.91 Å². The lowest BCUT2D eigenvalue weighted by atomic mass is 9.64. The molecule has 4 rings (SSSR count). The van der Waals surface area contributed by atoms with Crippen molar-refractivity contribution < 1.29 is 4.79 Å². The van der Waals surface area contributed by atoms with Crippen molar-refractivity contribution in [3.63, 3.8) is 0 Å². The Hall–Kier alpha value is -1.28. The van der Waals surface area contributed by atoms with Crippen LogP contribution in [0.5, 0.6) is 0 Å². The second-order valence-corrected chi connectivity index (χ2v) is 11.6. The first-order valence-electron chi connectivity index (χ1n) is 14.1. The molecule has 5 unspecified atom stereocenters. The maximum absolute atomic E-state index is 13.8. The average molecular weight is 489 g/mol. The summed E-state index contributed by atoms with van der Waals surface area (Å²) in [7, 11) is 0. The quantitative estimate of drug-likeness (QED) is 0.291. The smallest absolute Gasteiger partial charge is 0.227 e. The van der Waals surface area contributed by atoms with Gasteiger partial charge < -0.3 is 32.7 Å². The highest BCUT2D eigenvalue weighted by molar-refractivity contribution is 5.80. The zero-order valence-electron chi connectivity index (χ0n) is 21.4. The number of piperazine rings is 1. The van der Waals surface area contributed by atoms with Crippen LogP contribution in [0.3, 0.4) is 0 Å². The van der Waals surface area contributed by atoms with Crippen molar-refractivity contribution in [2.75, 3.05) is 45.8 Å². The summed E-state index contributed by atoms with van der Waals surface area (Å²) in [6.07, 6.45) is 10.2. The summed E-state index contributed by atoms with van der Waals surface area (Å²) >= 11 is 0. The van der Waals surface area contributed by atoms with Crippen LogP contribution in [0.4, 0.5) is 0 Å². The van der Waals surface area contributed by atoms with Gasteiger partial charge in [0.25, 0.3) is 0 Å². The van der Waals surface area contributed by atoms with E-state index in [9.17, 15) is 10.1 Å². The van der Waals surface area contributed by atoms with E-state index in [4.69, 9.17) is 11.5 Å². The summed E-state index contributed by atoms with van der Waals surface area (Å²) in [5, 5.41) is 23.3. The van der Waals surface area contributed by atoms with Gasteiger partial charge in [-0.05, 0) is 62.9 Å². The van der Waals surface area contributed by atoms with Crippen LogP contribution in [0.1, 0.15) is 64.2 Å². The number of nitriles is 1. The Morgan fingerprint density at radius 1 is 1.06 bits per heavy atom. The summed E-state index contributed by atoms with van der Waals surface area (Å²) in [6.45, 7) is 6.54. The molecular formula is C26H48N8O. The first-order valence-corrected chi connectivity index (χ1v) is 14.1. The van der Waals surface area contributed by atoms with E-state index in [2.05, 4.69) is 32.2 Å². The molecule has 0 radical (unpaired) electrons. The molecule has 1 spiro atoms. The summed E-state index contributed by atoms with van der Waals surface area (Å²) in [4.78, 5) is 16.4. The number of nitrogens with zero attached hydrogens (tertiary/aromatic N) is 2. The highest BCUT2D eigenvalue weighted by Crippen LogP contribution is 2.46. The standard InChI is InChI=1S/C26H48N8O/c27-10-5-19-4-9-26(7-2-1-3-8-26)16-20(32-17-19)23(24(28)29)25(35)33-21-18-31-11-6-22(21)34-14-12-30-13-15-34/h19-24,30-32H,1-9,11-18,28-29H2,(H,33,35). The largest absolute Gasteiger partial charge is 0.350 e. The van der Waals surface area contributed by atoms with Crippen LogP contribution in [-0.4, -0.2) is 80.9 Å². The van der Waals surface area contributed by atoms with Crippen LogP contribution in [0.2, 0.25) is 0 Å². The molecule has 4 fully saturated rings. The molecule has 0 aromatic heterocycles. The first-order chi connectivity index (χ1) is 17.0. The van der Waals surface area contributed by atoms with Crippen molar-refractivity contribution in [1.29, 1.82) is 5.26 Å². The maximum atomic E-state index is 13.8. The number of carbonyl (C=O) groups excluding carboxylic acids is 1. The molecule has 0 aromatic carbocycles. The number of nitrogens with one attached hydrogen (secondary N) is 4. The fraction of sp³-hybridized carbons (Fsp3) is 0.923. The number of nitrogens with two attached hydrogens (primary N) is 2. The topological polar surface area (TPSA) is 144 Å². The normalized spacial score (nSPS) is 33.4. The number of piperidine rings is 1.